The number of benzene rings is 7. The average Bonchev–Trinajstić information content (AvgIpc) is 3.80. The number of furan rings is 1. The van der Waals surface area contributed by atoms with Crippen LogP contribution >= 0.6 is 0 Å². The van der Waals surface area contributed by atoms with Crippen molar-refractivity contribution in [1.29, 1.82) is 0 Å². The van der Waals surface area contributed by atoms with Gasteiger partial charge in [0.2, 0.25) is 0 Å². The number of hydrogen-bond donors (Lipinski definition) is 0. The third-order valence-electron chi connectivity index (χ3n) is 13.5. The molecule has 0 atom stereocenters. The predicted molar refractivity (Wildman–Crippen MR) is 239 cm³/mol. The van der Waals surface area contributed by atoms with Gasteiger partial charge in [-0.15, -0.1) is 0 Å². The van der Waals surface area contributed by atoms with Gasteiger partial charge in [0.15, 0.2) is 5.75 Å². The molecule has 276 valence electrons. The zero-order valence-electron chi connectivity index (χ0n) is 33.9. The topological polar surface area (TPSA) is 25.6 Å². The lowest BCUT2D eigenvalue weighted by atomic mass is 9.48. The number of rotatable bonds is 1. The van der Waals surface area contributed by atoms with Crippen LogP contribution in [0.3, 0.4) is 0 Å². The molecule has 4 aliphatic rings. The Balaban J connectivity index is 1.19. The third kappa shape index (κ3) is 4.34. The quantitative estimate of drug-likeness (QED) is 0.157. The molecule has 0 bridgehead atoms. The van der Waals surface area contributed by atoms with Gasteiger partial charge in [-0.25, -0.2) is 0 Å². The van der Waals surface area contributed by atoms with Crippen LogP contribution in [-0.2, 0) is 16.2 Å². The van der Waals surface area contributed by atoms with E-state index in [-0.39, 0.29) is 23.1 Å². The van der Waals surface area contributed by atoms with Crippen LogP contribution in [0.15, 0.2) is 126 Å². The van der Waals surface area contributed by atoms with Gasteiger partial charge in [-0.3, -0.25) is 0 Å². The first kappa shape index (κ1) is 33.2. The van der Waals surface area contributed by atoms with Gasteiger partial charge >= 0.3 is 6.85 Å². The van der Waals surface area contributed by atoms with Gasteiger partial charge in [-0.2, -0.15) is 0 Å². The fourth-order valence-corrected chi connectivity index (χ4v) is 10.6. The number of hydrogen-bond acceptors (Lipinski definition) is 3. The van der Waals surface area contributed by atoms with Crippen molar-refractivity contribution in [3.05, 3.63) is 144 Å². The lowest BCUT2D eigenvalue weighted by molar-refractivity contribution is 0.470. The summed E-state index contributed by atoms with van der Waals surface area (Å²) in [6.07, 6.45) is 0. The van der Waals surface area contributed by atoms with E-state index in [1.54, 1.807) is 0 Å². The van der Waals surface area contributed by atoms with Gasteiger partial charge in [0.25, 0.3) is 0 Å². The average molecular weight is 738 g/mol. The Morgan fingerprint density at radius 3 is 2.11 bits per heavy atom. The van der Waals surface area contributed by atoms with E-state index in [1.807, 2.05) is 0 Å². The summed E-state index contributed by atoms with van der Waals surface area (Å²) in [5.41, 5.74) is 22.1. The van der Waals surface area contributed by atoms with E-state index < -0.39 is 0 Å². The zero-order valence-corrected chi connectivity index (χ0v) is 33.9. The Labute approximate surface area is 335 Å². The summed E-state index contributed by atoms with van der Waals surface area (Å²) in [6, 6.07) is 45.8. The van der Waals surface area contributed by atoms with Crippen LogP contribution in [0.5, 0.6) is 11.5 Å². The van der Waals surface area contributed by atoms with Crippen molar-refractivity contribution in [2.75, 3.05) is 4.81 Å². The molecule has 0 amide bonds. The molecular weight excluding hydrogens is 693 g/mol. The molecule has 1 aromatic heterocycles. The van der Waals surface area contributed by atoms with Gasteiger partial charge < -0.3 is 14.0 Å². The molecule has 3 aliphatic heterocycles. The van der Waals surface area contributed by atoms with Crippen LogP contribution in [0, 0.1) is 0 Å². The van der Waals surface area contributed by atoms with Crippen molar-refractivity contribution in [2.24, 2.45) is 0 Å². The fourth-order valence-electron chi connectivity index (χ4n) is 10.6. The van der Waals surface area contributed by atoms with E-state index in [0.29, 0.717) is 0 Å². The molecule has 0 fully saturated rings. The first-order valence-corrected chi connectivity index (χ1v) is 20.5. The Morgan fingerprint density at radius 1 is 0.561 bits per heavy atom. The summed E-state index contributed by atoms with van der Waals surface area (Å²) in [6.45, 7) is 18.4. The van der Waals surface area contributed by atoms with Crippen LogP contribution in [0.4, 0.5) is 11.4 Å². The maximum absolute atomic E-state index is 7.09. The summed E-state index contributed by atoms with van der Waals surface area (Å²) < 4.78 is 13.7. The molecule has 0 unspecified atom stereocenters. The van der Waals surface area contributed by atoms with E-state index >= 15 is 0 Å². The second kappa shape index (κ2) is 10.7. The molecule has 4 heteroatoms. The number of fused-ring (bicyclic) bond motifs is 14. The van der Waals surface area contributed by atoms with E-state index in [9.17, 15) is 0 Å². The monoisotopic (exact) mass is 737 g/mol. The highest BCUT2D eigenvalue weighted by Gasteiger charge is 2.49. The maximum atomic E-state index is 7.09. The number of nitrogens with zero attached hydrogens (tertiary/aromatic N) is 1. The van der Waals surface area contributed by atoms with Crippen molar-refractivity contribution in [3.63, 3.8) is 0 Å². The van der Waals surface area contributed by atoms with Crippen LogP contribution in [0.25, 0.3) is 66.4 Å². The lowest BCUT2D eigenvalue weighted by Gasteiger charge is -2.43. The van der Waals surface area contributed by atoms with Crippen molar-refractivity contribution in [1.82, 2.24) is 0 Å². The fraction of sp³-hybridized carbons (Fsp3) is 0.208. The molecule has 0 spiro atoms. The van der Waals surface area contributed by atoms with Crippen molar-refractivity contribution in [3.8, 4) is 56.0 Å². The molecular formula is C53H44BNO2. The summed E-state index contributed by atoms with van der Waals surface area (Å²) in [7, 11) is 0. The number of para-hydroxylation sites is 1. The molecule has 0 saturated carbocycles. The second-order valence-corrected chi connectivity index (χ2v) is 19.3. The Bertz CT molecular complexity index is 3110. The lowest BCUT2D eigenvalue weighted by Crippen LogP contribution is -2.55. The van der Waals surface area contributed by atoms with Gasteiger partial charge in [0.05, 0.1) is 11.4 Å². The van der Waals surface area contributed by atoms with Gasteiger partial charge in [0.1, 0.15) is 16.9 Å². The summed E-state index contributed by atoms with van der Waals surface area (Å²) >= 11 is 0. The minimum Gasteiger partial charge on any atom is -0.456 e. The second-order valence-electron chi connectivity index (χ2n) is 19.3. The van der Waals surface area contributed by atoms with Gasteiger partial charge in [-0.05, 0) is 138 Å². The molecule has 12 rings (SSSR count). The van der Waals surface area contributed by atoms with Crippen LogP contribution < -0.4 is 20.5 Å². The van der Waals surface area contributed by atoms with Gasteiger partial charge in [0, 0.05) is 21.8 Å². The highest BCUT2D eigenvalue weighted by molar-refractivity contribution is 6.95. The predicted octanol–water partition coefficient (Wildman–Crippen LogP) is 13.2. The third-order valence-corrected chi connectivity index (χ3v) is 13.5. The highest BCUT2D eigenvalue weighted by Crippen LogP contribution is 2.58. The minimum absolute atomic E-state index is 0.0154. The van der Waals surface area contributed by atoms with Crippen molar-refractivity contribution >= 4 is 51.1 Å². The van der Waals surface area contributed by atoms with Crippen LogP contribution in [-0.4, -0.2) is 6.85 Å². The van der Waals surface area contributed by atoms with E-state index in [0.717, 1.165) is 39.4 Å². The van der Waals surface area contributed by atoms with E-state index in [1.165, 1.54) is 83.1 Å². The molecule has 8 aromatic rings. The molecule has 0 saturated heterocycles. The molecule has 57 heavy (non-hydrogen) atoms. The van der Waals surface area contributed by atoms with Crippen molar-refractivity contribution < 1.29 is 9.15 Å². The molecule has 4 heterocycles. The summed E-state index contributed by atoms with van der Waals surface area (Å²) in [5, 5.41) is 2.35. The number of ether oxygens (including phenoxy) is 1. The Hall–Kier alpha value is -6.00. The summed E-state index contributed by atoms with van der Waals surface area (Å²) in [5.74, 6) is 1.84. The summed E-state index contributed by atoms with van der Waals surface area (Å²) in [4.78, 5) is 2.60. The first-order chi connectivity index (χ1) is 27.3. The zero-order chi connectivity index (χ0) is 38.9. The normalized spacial score (nSPS) is 15.2. The molecule has 0 radical (unpaired) electrons. The van der Waals surface area contributed by atoms with Crippen LogP contribution in [0.1, 0.15) is 77.6 Å². The Kier molecular flexibility index (Phi) is 6.22. The minimum atomic E-state index is -0.0874. The first-order valence-electron chi connectivity index (χ1n) is 20.5. The standard InChI is InChI=1S/C53H44BNO2/c1-51(2,3)31-18-21-42-45(27-31)57-46-28-32(52(4,5)6)26-37-36-24-30(29-17-19-40-35(23-29)33-13-9-11-15-39(33)53(40,7)8)25-38-47-41(54(49(36)38)55(42)50(37)46)20-22-44-48(47)34-14-10-12-16-43(34)56-44/h9-28H,1-8H3. The SMILES string of the molecule is CC(C)(C)c1ccc2c(c1)Oc1cc(C(C)(C)C)cc3c1N2B1c2ccc4oc5ccccc5c4c2-c2cc(-c4ccc5c(c4)-c4ccccc4C5(C)C)cc-3c21. The molecule has 0 N–H and O–H groups in total. The van der Waals surface area contributed by atoms with E-state index in [4.69, 9.17) is 9.15 Å². The van der Waals surface area contributed by atoms with Crippen molar-refractivity contribution in [2.45, 2.75) is 71.6 Å². The largest absolute Gasteiger partial charge is 0.456 e. The maximum Gasteiger partial charge on any atom is 0.330 e. The molecule has 7 aromatic carbocycles. The van der Waals surface area contributed by atoms with Gasteiger partial charge in [-0.1, -0.05) is 122 Å². The molecule has 1 aliphatic carbocycles. The highest BCUT2D eigenvalue weighted by atomic mass is 16.5. The smallest absolute Gasteiger partial charge is 0.330 e. The number of anilines is 2. The molecule has 3 nitrogen and oxygen atoms in total. The van der Waals surface area contributed by atoms with E-state index in [2.05, 4.69) is 182 Å². The van der Waals surface area contributed by atoms with Crippen LogP contribution in [0.2, 0.25) is 0 Å². The Morgan fingerprint density at radius 2 is 1.28 bits per heavy atom.